The molecule has 1 atom stereocenters. The van der Waals surface area contributed by atoms with Crippen LogP contribution in [0, 0.1) is 5.82 Å². The summed E-state index contributed by atoms with van der Waals surface area (Å²) in [4.78, 5) is 1.24. The van der Waals surface area contributed by atoms with E-state index in [1.54, 1.807) is 23.5 Å². The first-order valence-corrected chi connectivity index (χ1v) is 6.33. The number of benzene rings is 1. The third-order valence-electron chi connectivity index (χ3n) is 2.82. The average molecular weight is 246 g/mol. The van der Waals surface area contributed by atoms with Crippen LogP contribution in [0.25, 0.3) is 0 Å². The number of halogens is 1. The van der Waals surface area contributed by atoms with Crippen LogP contribution in [0.2, 0.25) is 0 Å². The highest BCUT2D eigenvalue weighted by Crippen LogP contribution is 2.28. The third-order valence-corrected chi connectivity index (χ3v) is 3.81. The van der Waals surface area contributed by atoms with E-state index in [9.17, 15) is 4.39 Å². The molecular weight excluding hydrogens is 235 g/mol. The van der Waals surface area contributed by atoms with E-state index in [4.69, 9.17) is 0 Å². The van der Waals surface area contributed by atoms with Crippen molar-refractivity contribution in [3.8, 4) is 0 Å². The van der Waals surface area contributed by atoms with Gasteiger partial charge in [-0.15, -0.1) is 11.3 Å². The number of thiophene rings is 1. The predicted molar refractivity (Wildman–Crippen MR) is 67.7 cm³/mol. The lowest BCUT2D eigenvalue weighted by Crippen LogP contribution is -2.08. The van der Waals surface area contributed by atoms with Crippen LogP contribution in [0.15, 0.2) is 46.9 Å². The summed E-state index contributed by atoms with van der Waals surface area (Å²) < 4.78 is 13.6. The van der Waals surface area contributed by atoms with Gasteiger partial charge in [-0.3, -0.25) is 0 Å². The van der Waals surface area contributed by atoms with Crippen LogP contribution >= 0.6 is 11.3 Å². The summed E-state index contributed by atoms with van der Waals surface area (Å²) in [6, 6.07) is 11.0. The maximum absolute atomic E-state index is 13.6. The van der Waals surface area contributed by atoms with Gasteiger partial charge in [-0.05, 0) is 17.5 Å². The molecule has 1 aromatic heterocycles. The van der Waals surface area contributed by atoms with E-state index in [-0.39, 0.29) is 11.9 Å². The monoisotopic (exact) mass is 246 g/mol. The van der Waals surface area contributed by atoms with E-state index in [2.05, 4.69) is 16.6 Å². The molecule has 0 saturated heterocycles. The summed E-state index contributed by atoms with van der Waals surface area (Å²) in [5.74, 6) is -0.208. The molecule has 2 nitrogen and oxygen atoms in total. The van der Waals surface area contributed by atoms with Crippen molar-refractivity contribution in [3.63, 3.8) is 0 Å². The number of hydrazone groups is 1. The molecular formula is C13H11FN2S. The molecule has 2 aromatic rings. The summed E-state index contributed by atoms with van der Waals surface area (Å²) in [7, 11) is 0. The second-order valence-corrected chi connectivity index (χ2v) is 4.92. The number of nitrogens with zero attached hydrogens (tertiary/aromatic N) is 1. The van der Waals surface area contributed by atoms with Crippen LogP contribution in [-0.2, 0) is 0 Å². The molecule has 17 heavy (non-hydrogen) atoms. The minimum Gasteiger partial charge on any atom is -0.301 e. The molecule has 0 aliphatic carbocycles. The van der Waals surface area contributed by atoms with Gasteiger partial charge in [0.2, 0.25) is 0 Å². The van der Waals surface area contributed by atoms with Crippen LogP contribution in [-0.4, -0.2) is 5.71 Å². The van der Waals surface area contributed by atoms with E-state index in [0.717, 1.165) is 12.1 Å². The fourth-order valence-electron chi connectivity index (χ4n) is 1.96. The predicted octanol–water partition coefficient (Wildman–Crippen LogP) is 3.33. The van der Waals surface area contributed by atoms with Crippen molar-refractivity contribution in [1.82, 2.24) is 5.43 Å². The fraction of sp³-hybridized carbons (Fsp3) is 0.154. The van der Waals surface area contributed by atoms with Crippen molar-refractivity contribution >= 4 is 17.0 Å². The van der Waals surface area contributed by atoms with Crippen molar-refractivity contribution in [2.45, 2.75) is 12.5 Å². The first-order chi connectivity index (χ1) is 8.34. The van der Waals surface area contributed by atoms with Gasteiger partial charge in [0.05, 0.1) is 11.8 Å². The van der Waals surface area contributed by atoms with Crippen LogP contribution in [0.3, 0.4) is 0 Å². The Balaban J connectivity index is 1.83. The maximum Gasteiger partial charge on any atom is 0.132 e. The van der Waals surface area contributed by atoms with E-state index in [1.165, 1.54) is 10.9 Å². The normalized spacial score (nSPS) is 18.9. The zero-order chi connectivity index (χ0) is 11.7. The highest BCUT2D eigenvalue weighted by atomic mass is 32.1. The second kappa shape index (κ2) is 4.30. The molecule has 86 valence electrons. The SMILES string of the molecule is Fc1ccccc1C1=NNC(c2cccs2)C1. The zero-order valence-corrected chi connectivity index (χ0v) is 9.88. The van der Waals surface area contributed by atoms with Crippen molar-refractivity contribution in [2.24, 2.45) is 5.10 Å². The molecule has 0 saturated carbocycles. The average Bonchev–Trinajstić information content (AvgIpc) is 3.00. The molecule has 2 heterocycles. The molecule has 0 spiro atoms. The van der Waals surface area contributed by atoms with E-state index in [1.807, 2.05) is 17.5 Å². The molecule has 4 heteroatoms. The van der Waals surface area contributed by atoms with Crippen molar-refractivity contribution in [3.05, 3.63) is 58.0 Å². The Labute approximate surface area is 103 Å². The van der Waals surface area contributed by atoms with E-state index >= 15 is 0 Å². The molecule has 1 aromatic carbocycles. The zero-order valence-electron chi connectivity index (χ0n) is 9.06. The maximum atomic E-state index is 13.6. The smallest absolute Gasteiger partial charge is 0.132 e. The standard InChI is InChI=1S/C13H11FN2S/c14-10-5-2-1-4-9(10)11-8-12(16-15-11)13-6-3-7-17-13/h1-7,12,16H,8H2. The molecule has 1 N–H and O–H groups in total. The topological polar surface area (TPSA) is 24.4 Å². The Kier molecular flexibility index (Phi) is 2.65. The summed E-state index contributed by atoms with van der Waals surface area (Å²) >= 11 is 1.69. The lowest BCUT2D eigenvalue weighted by molar-refractivity contribution is 0.623. The number of nitrogens with one attached hydrogen (secondary N) is 1. The quantitative estimate of drug-likeness (QED) is 0.863. The van der Waals surface area contributed by atoms with Gasteiger partial charge in [-0.25, -0.2) is 4.39 Å². The third kappa shape index (κ3) is 1.96. The van der Waals surface area contributed by atoms with Crippen LogP contribution < -0.4 is 5.43 Å². The van der Waals surface area contributed by atoms with E-state index < -0.39 is 0 Å². The van der Waals surface area contributed by atoms with Crippen LogP contribution in [0.1, 0.15) is 22.9 Å². The molecule has 3 rings (SSSR count). The minimum atomic E-state index is -0.208. The van der Waals surface area contributed by atoms with Crippen LogP contribution in [0.4, 0.5) is 4.39 Å². The van der Waals surface area contributed by atoms with Gasteiger partial charge in [0.15, 0.2) is 0 Å². The van der Waals surface area contributed by atoms with Gasteiger partial charge in [0.25, 0.3) is 0 Å². The summed E-state index contributed by atoms with van der Waals surface area (Å²) in [5, 5.41) is 6.28. The minimum absolute atomic E-state index is 0.185. The van der Waals surface area contributed by atoms with Gasteiger partial charge in [-0.2, -0.15) is 5.10 Å². The largest absolute Gasteiger partial charge is 0.301 e. The van der Waals surface area contributed by atoms with Gasteiger partial charge in [0, 0.05) is 16.9 Å². The first kappa shape index (κ1) is 10.5. The van der Waals surface area contributed by atoms with Gasteiger partial charge in [-0.1, -0.05) is 24.3 Å². The Hall–Kier alpha value is -1.68. The Bertz CT molecular complexity index is 548. The van der Waals surface area contributed by atoms with Gasteiger partial charge in [0.1, 0.15) is 5.82 Å². The Morgan fingerprint density at radius 1 is 1.24 bits per heavy atom. The first-order valence-electron chi connectivity index (χ1n) is 5.45. The highest BCUT2D eigenvalue weighted by Gasteiger charge is 2.23. The Morgan fingerprint density at radius 2 is 2.12 bits per heavy atom. The molecule has 1 unspecified atom stereocenters. The second-order valence-electron chi connectivity index (χ2n) is 3.94. The van der Waals surface area contributed by atoms with Crippen molar-refractivity contribution < 1.29 is 4.39 Å². The molecule has 1 aliphatic rings. The highest BCUT2D eigenvalue weighted by molar-refractivity contribution is 7.10. The lowest BCUT2D eigenvalue weighted by atomic mass is 10.0. The Morgan fingerprint density at radius 3 is 2.88 bits per heavy atom. The molecule has 0 amide bonds. The molecule has 0 bridgehead atoms. The number of hydrogen-bond donors (Lipinski definition) is 1. The van der Waals surface area contributed by atoms with Gasteiger partial charge >= 0.3 is 0 Å². The summed E-state index contributed by atoms with van der Waals surface area (Å²) in [6.45, 7) is 0. The van der Waals surface area contributed by atoms with Crippen molar-refractivity contribution in [2.75, 3.05) is 0 Å². The fourth-order valence-corrected chi connectivity index (χ4v) is 2.73. The van der Waals surface area contributed by atoms with Crippen LogP contribution in [0.5, 0.6) is 0 Å². The molecule has 0 radical (unpaired) electrons. The lowest BCUT2D eigenvalue weighted by Gasteiger charge is -2.06. The molecule has 1 aliphatic heterocycles. The summed E-state index contributed by atoms with van der Waals surface area (Å²) in [6.07, 6.45) is 0.738. The van der Waals surface area contributed by atoms with Crippen molar-refractivity contribution in [1.29, 1.82) is 0 Å². The number of hydrogen-bond acceptors (Lipinski definition) is 3. The summed E-state index contributed by atoms with van der Waals surface area (Å²) in [5.41, 5.74) is 4.46. The van der Waals surface area contributed by atoms with E-state index in [0.29, 0.717) is 5.56 Å². The number of rotatable bonds is 2. The van der Waals surface area contributed by atoms with Gasteiger partial charge < -0.3 is 5.43 Å². The molecule has 0 fully saturated rings.